The molecule has 0 aliphatic heterocycles. The number of hydrogen-bond acceptors (Lipinski definition) is 2. The average molecular weight is 303 g/mol. The molecule has 2 nitrogen and oxygen atoms in total. The first-order valence-electron chi connectivity index (χ1n) is 5.38. The Balaban J connectivity index is 2.70. The highest BCUT2D eigenvalue weighted by atomic mass is 79.9. The zero-order valence-electron chi connectivity index (χ0n) is 10.2. The Labute approximate surface area is 109 Å². The zero-order chi connectivity index (χ0) is 13.1. The van der Waals surface area contributed by atoms with E-state index in [1.54, 1.807) is 13.2 Å². The van der Waals surface area contributed by atoms with Crippen molar-refractivity contribution in [2.75, 3.05) is 7.11 Å². The van der Waals surface area contributed by atoms with Gasteiger partial charge in [0.25, 0.3) is 0 Å². The largest absolute Gasteiger partial charge is 0.379 e. The summed E-state index contributed by atoms with van der Waals surface area (Å²) in [5.74, 6) is -0.482. The number of ether oxygens (including phenoxy) is 1. The fourth-order valence-electron chi connectivity index (χ4n) is 1.38. The number of rotatable bonds is 5. The van der Waals surface area contributed by atoms with E-state index in [0.717, 1.165) is 0 Å². The topological polar surface area (TPSA) is 26.3 Å². The monoisotopic (exact) mass is 302 g/mol. The maximum atomic E-state index is 13.1. The van der Waals surface area contributed by atoms with Crippen LogP contribution in [0, 0.1) is 5.82 Å². The maximum absolute atomic E-state index is 13.1. The summed E-state index contributed by atoms with van der Waals surface area (Å²) in [5, 5.41) is 0. The van der Waals surface area contributed by atoms with Gasteiger partial charge in [0, 0.05) is 23.6 Å². The van der Waals surface area contributed by atoms with E-state index in [4.69, 9.17) is 4.74 Å². The highest BCUT2D eigenvalue weighted by molar-refractivity contribution is 9.10. The smallest absolute Gasteiger partial charge is 0.163 e. The Kier molecular flexibility index (Phi) is 4.83. The van der Waals surface area contributed by atoms with Gasteiger partial charge in [-0.3, -0.25) is 4.79 Å². The van der Waals surface area contributed by atoms with Crippen molar-refractivity contribution in [2.45, 2.75) is 32.3 Å². The molecule has 0 aliphatic carbocycles. The minimum atomic E-state index is -0.409. The van der Waals surface area contributed by atoms with Gasteiger partial charge in [-0.15, -0.1) is 0 Å². The summed E-state index contributed by atoms with van der Waals surface area (Å²) >= 11 is 3.17. The Hall–Kier alpha value is -0.740. The van der Waals surface area contributed by atoms with Crippen LogP contribution < -0.4 is 0 Å². The fraction of sp³-hybridized carbons (Fsp3) is 0.462. The molecular formula is C13H16BrFO2. The number of hydrogen-bond donors (Lipinski definition) is 0. The molecule has 0 atom stereocenters. The minimum Gasteiger partial charge on any atom is -0.379 e. The molecule has 0 saturated heterocycles. The van der Waals surface area contributed by atoms with E-state index in [0.29, 0.717) is 22.9 Å². The van der Waals surface area contributed by atoms with E-state index < -0.39 is 5.82 Å². The van der Waals surface area contributed by atoms with Crippen molar-refractivity contribution in [3.8, 4) is 0 Å². The fourth-order valence-corrected chi connectivity index (χ4v) is 1.84. The molecule has 17 heavy (non-hydrogen) atoms. The summed E-state index contributed by atoms with van der Waals surface area (Å²) in [6, 6.07) is 4.22. The molecule has 0 N–H and O–H groups in total. The number of benzene rings is 1. The first kappa shape index (κ1) is 14.3. The lowest BCUT2D eigenvalue weighted by Crippen LogP contribution is -2.23. The Morgan fingerprint density at radius 2 is 2.06 bits per heavy atom. The van der Waals surface area contributed by atoms with Gasteiger partial charge < -0.3 is 4.74 Å². The molecular weight excluding hydrogens is 287 g/mol. The normalized spacial score (nSPS) is 11.6. The van der Waals surface area contributed by atoms with Gasteiger partial charge in [-0.05, 0) is 38.5 Å². The lowest BCUT2D eigenvalue weighted by molar-refractivity contribution is 0.0141. The molecule has 1 rings (SSSR count). The van der Waals surface area contributed by atoms with Crippen LogP contribution in [0.2, 0.25) is 0 Å². The highest BCUT2D eigenvalue weighted by Gasteiger charge is 2.19. The van der Waals surface area contributed by atoms with Crippen molar-refractivity contribution in [3.63, 3.8) is 0 Å². The second-order valence-electron chi connectivity index (χ2n) is 4.55. The molecule has 0 heterocycles. The second-order valence-corrected chi connectivity index (χ2v) is 5.46. The lowest BCUT2D eigenvalue weighted by atomic mass is 9.98. The third-order valence-corrected chi connectivity index (χ3v) is 3.15. The van der Waals surface area contributed by atoms with Crippen LogP contribution >= 0.6 is 15.9 Å². The molecule has 0 saturated carbocycles. The van der Waals surface area contributed by atoms with E-state index in [2.05, 4.69) is 15.9 Å². The summed E-state index contributed by atoms with van der Waals surface area (Å²) in [7, 11) is 1.61. The Morgan fingerprint density at radius 3 is 2.59 bits per heavy atom. The quantitative estimate of drug-likeness (QED) is 0.769. The molecule has 0 fully saturated rings. The molecule has 0 spiro atoms. The Morgan fingerprint density at radius 1 is 1.41 bits per heavy atom. The number of halogens is 2. The molecule has 4 heteroatoms. The molecule has 1 aromatic carbocycles. The summed E-state index contributed by atoms with van der Waals surface area (Å²) in [5.41, 5.74) is 0.0593. The number of carbonyl (C=O) groups excluding carboxylic acids is 1. The third-order valence-electron chi connectivity index (χ3n) is 2.69. The van der Waals surface area contributed by atoms with Gasteiger partial charge in [-0.25, -0.2) is 4.39 Å². The van der Waals surface area contributed by atoms with Crippen LogP contribution in [0.5, 0.6) is 0 Å². The van der Waals surface area contributed by atoms with Crippen LogP contribution in [0.25, 0.3) is 0 Å². The summed E-state index contributed by atoms with van der Waals surface area (Å²) in [4.78, 5) is 11.9. The molecule has 94 valence electrons. The van der Waals surface area contributed by atoms with Crippen LogP contribution in [0.3, 0.4) is 0 Å². The predicted molar refractivity (Wildman–Crippen MR) is 68.8 cm³/mol. The lowest BCUT2D eigenvalue weighted by Gasteiger charge is -2.22. The zero-order valence-corrected chi connectivity index (χ0v) is 11.8. The van der Waals surface area contributed by atoms with Crippen molar-refractivity contribution in [1.82, 2.24) is 0 Å². The summed E-state index contributed by atoms with van der Waals surface area (Å²) in [6.45, 7) is 3.84. The van der Waals surface area contributed by atoms with Crippen LogP contribution in [0.1, 0.15) is 37.0 Å². The van der Waals surface area contributed by atoms with E-state index >= 15 is 0 Å². The Bertz CT molecular complexity index is 396. The molecule has 0 radical (unpaired) electrons. The predicted octanol–water partition coefficient (Wildman–Crippen LogP) is 3.98. The van der Waals surface area contributed by atoms with Gasteiger partial charge >= 0.3 is 0 Å². The standard InChI is InChI=1S/C13H16BrFO2/c1-13(2,17-3)5-4-12(16)9-6-10(14)8-11(15)7-9/h6-8H,4-5H2,1-3H3. The van der Waals surface area contributed by atoms with Gasteiger partial charge in [-0.1, -0.05) is 15.9 Å². The second kappa shape index (κ2) is 5.74. The summed E-state index contributed by atoms with van der Waals surface area (Å²) in [6.07, 6.45) is 0.952. The van der Waals surface area contributed by atoms with Gasteiger partial charge in [0.15, 0.2) is 5.78 Å². The molecule has 0 unspecified atom stereocenters. The molecule has 1 aromatic rings. The van der Waals surface area contributed by atoms with Crippen molar-refractivity contribution in [1.29, 1.82) is 0 Å². The van der Waals surface area contributed by atoms with Crippen molar-refractivity contribution in [3.05, 3.63) is 34.1 Å². The van der Waals surface area contributed by atoms with Crippen LogP contribution in [0.15, 0.2) is 22.7 Å². The number of Topliss-reactive ketones (excluding diaryl/α,β-unsaturated/α-hetero) is 1. The number of methoxy groups -OCH3 is 1. The first-order chi connectivity index (χ1) is 7.84. The third kappa shape index (κ3) is 4.56. The molecule has 0 bridgehead atoms. The first-order valence-corrected chi connectivity index (χ1v) is 6.18. The van der Waals surface area contributed by atoms with E-state index in [1.807, 2.05) is 13.8 Å². The minimum absolute atomic E-state index is 0.0738. The van der Waals surface area contributed by atoms with Gasteiger partial charge in [0.1, 0.15) is 5.82 Å². The maximum Gasteiger partial charge on any atom is 0.163 e. The molecule has 0 aliphatic rings. The molecule has 0 amide bonds. The van der Waals surface area contributed by atoms with Gasteiger partial charge in [-0.2, -0.15) is 0 Å². The van der Waals surface area contributed by atoms with Crippen LogP contribution in [-0.2, 0) is 4.74 Å². The number of carbonyl (C=O) groups is 1. The van der Waals surface area contributed by atoms with Crippen molar-refractivity contribution < 1.29 is 13.9 Å². The van der Waals surface area contributed by atoms with Gasteiger partial charge in [0.2, 0.25) is 0 Å². The van der Waals surface area contributed by atoms with E-state index in [-0.39, 0.29) is 11.4 Å². The summed E-state index contributed by atoms with van der Waals surface area (Å²) < 4.78 is 18.9. The highest BCUT2D eigenvalue weighted by Crippen LogP contribution is 2.20. The number of ketones is 1. The van der Waals surface area contributed by atoms with Crippen molar-refractivity contribution >= 4 is 21.7 Å². The molecule has 0 aromatic heterocycles. The van der Waals surface area contributed by atoms with E-state index in [1.165, 1.54) is 12.1 Å². The average Bonchev–Trinajstić information content (AvgIpc) is 2.24. The van der Waals surface area contributed by atoms with Gasteiger partial charge in [0.05, 0.1) is 5.60 Å². The van der Waals surface area contributed by atoms with Crippen LogP contribution in [-0.4, -0.2) is 18.5 Å². The van der Waals surface area contributed by atoms with E-state index in [9.17, 15) is 9.18 Å². The van der Waals surface area contributed by atoms with Crippen LogP contribution in [0.4, 0.5) is 4.39 Å². The van der Waals surface area contributed by atoms with Crippen molar-refractivity contribution in [2.24, 2.45) is 0 Å². The SMILES string of the molecule is COC(C)(C)CCC(=O)c1cc(F)cc(Br)c1.